The lowest BCUT2D eigenvalue weighted by Crippen LogP contribution is -2.30. The Balaban J connectivity index is 1.84. The average Bonchev–Trinajstić information content (AvgIpc) is 3.01. The Kier molecular flexibility index (Phi) is 4.60. The van der Waals surface area contributed by atoms with Crippen LogP contribution in [0.2, 0.25) is 0 Å². The van der Waals surface area contributed by atoms with Crippen LogP contribution in [0.4, 0.5) is 0 Å². The third-order valence-electron chi connectivity index (χ3n) is 3.08. The fraction of sp³-hybridized carbons (Fsp3) is 0.750. The van der Waals surface area contributed by atoms with E-state index in [1.807, 2.05) is 17.3 Å². The van der Waals surface area contributed by atoms with E-state index in [0.29, 0.717) is 24.0 Å². The zero-order valence-electron chi connectivity index (χ0n) is 11.2. The second-order valence-corrected chi connectivity index (χ2v) is 8.49. The molecule has 0 radical (unpaired) electrons. The maximum atomic E-state index is 11.2. The van der Waals surface area contributed by atoms with Gasteiger partial charge in [0.25, 0.3) is 0 Å². The second kappa shape index (κ2) is 5.87. The number of aliphatic hydroxyl groups is 1. The number of thiazole rings is 1. The van der Waals surface area contributed by atoms with E-state index < -0.39 is 9.84 Å². The van der Waals surface area contributed by atoms with Gasteiger partial charge < -0.3 is 5.11 Å². The minimum Gasteiger partial charge on any atom is -0.392 e. The van der Waals surface area contributed by atoms with E-state index in [1.54, 1.807) is 0 Å². The van der Waals surface area contributed by atoms with Crippen molar-refractivity contribution < 1.29 is 13.5 Å². The number of aliphatic hydroxyl groups excluding tert-OH is 1. The van der Waals surface area contributed by atoms with Crippen molar-refractivity contribution in [2.75, 3.05) is 19.8 Å². The first-order chi connectivity index (χ1) is 8.83. The van der Waals surface area contributed by atoms with Gasteiger partial charge in [-0.2, -0.15) is 0 Å². The van der Waals surface area contributed by atoms with E-state index in [9.17, 15) is 13.5 Å². The number of hydrogen-bond acceptors (Lipinski definition) is 6. The standard InChI is InChI=1S/C12H20N2O3S2/c1-14(6-11(15)9-3-4-9)5-10-7-18-12(13-10)8-19(2,16)17/h7,9,11,15H,3-6,8H2,1-2H3. The molecule has 1 fully saturated rings. The van der Waals surface area contributed by atoms with Gasteiger partial charge in [0.05, 0.1) is 11.8 Å². The average molecular weight is 304 g/mol. The van der Waals surface area contributed by atoms with Gasteiger partial charge in [-0.3, -0.25) is 4.90 Å². The SMILES string of the molecule is CN(Cc1csc(CS(C)(=O)=O)n1)CC(O)C1CC1. The molecule has 7 heteroatoms. The summed E-state index contributed by atoms with van der Waals surface area (Å²) in [6.45, 7) is 1.29. The van der Waals surface area contributed by atoms with Gasteiger partial charge in [-0.05, 0) is 25.8 Å². The lowest BCUT2D eigenvalue weighted by atomic mass is 10.2. The molecule has 1 aromatic rings. The lowest BCUT2D eigenvalue weighted by Gasteiger charge is -2.19. The highest BCUT2D eigenvalue weighted by atomic mass is 32.2. The van der Waals surface area contributed by atoms with Gasteiger partial charge in [0.2, 0.25) is 0 Å². The summed E-state index contributed by atoms with van der Waals surface area (Å²) in [6, 6.07) is 0. The van der Waals surface area contributed by atoms with Crippen molar-refractivity contribution in [2.45, 2.75) is 31.2 Å². The van der Waals surface area contributed by atoms with Gasteiger partial charge in [0.15, 0.2) is 9.84 Å². The molecule has 1 aromatic heterocycles. The fourth-order valence-corrected chi connectivity index (χ4v) is 4.00. The number of likely N-dealkylation sites (N-methyl/N-ethyl adjacent to an activating group) is 1. The third kappa shape index (κ3) is 5.18. The van der Waals surface area contributed by atoms with Gasteiger partial charge in [0.1, 0.15) is 10.8 Å². The molecule has 1 heterocycles. The van der Waals surface area contributed by atoms with Crippen LogP contribution in [0.1, 0.15) is 23.5 Å². The number of nitrogens with zero attached hydrogens (tertiary/aromatic N) is 2. The first-order valence-corrected chi connectivity index (χ1v) is 9.25. The molecule has 1 atom stereocenters. The van der Waals surface area contributed by atoms with E-state index in [2.05, 4.69) is 4.98 Å². The van der Waals surface area contributed by atoms with E-state index in [0.717, 1.165) is 18.5 Å². The summed E-state index contributed by atoms with van der Waals surface area (Å²) < 4.78 is 22.4. The van der Waals surface area contributed by atoms with Crippen LogP contribution in [0.25, 0.3) is 0 Å². The highest BCUT2D eigenvalue weighted by Gasteiger charge is 2.30. The molecule has 2 rings (SSSR count). The number of sulfone groups is 1. The summed E-state index contributed by atoms with van der Waals surface area (Å²) in [5, 5.41) is 12.4. The minimum atomic E-state index is -3.02. The van der Waals surface area contributed by atoms with Crippen LogP contribution in [0.3, 0.4) is 0 Å². The molecule has 1 aliphatic carbocycles. The molecule has 1 N–H and O–H groups in total. The molecule has 0 bridgehead atoms. The van der Waals surface area contributed by atoms with Crippen LogP contribution in [-0.4, -0.2) is 49.4 Å². The normalized spacial score (nSPS) is 17.9. The van der Waals surface area contributed by atoms with Crippen molar-refractivity contribution in [1.29, 1.82) is 0 Å². The van der Waals surface area contributed by atoms with Crippen molar-refractivity contribution in [1.82, 2.24) is 9.88 Å². The molecular formula is C12H20N2O3S2. The zero-order chi connectivity index (χ0) is 14.0. The Morgan fingerprint density at radius 2 is 2.26 bits per heavy atom. The van der Waals surface area contributed by atoms with Gasteiger partial charge >= 0.3 is 0 Å². The third-order valence-corrected chi connectivity index (χ3v) is 4.96. The van der Waals surface area contributed by atoms with Gasteiger partial charge in [-0.25, -0.2) is 13.4 Å². The molecule has 0 spiro atoms. The van der Waals surface area contributed by atoms with Crippen LogP contribution in [0.5, 0.6) is 0 Å². The van der Waals surface area contributed by atoms with Crippen LogP contribution >= 0.6 is 11.3 Å². The second-order valence-electron chi connectivity index (χ2n) is 5.40. The van der Waals surface area contributed by atoms with Gasteiger partial charge in [-0.15, -0.1) is 11.3 Å². The van der Waals surface area contributed by atoms with E-state index in [1.165, 1.54) is 17.6 Å². The van der Waals surface area contributed by atoms with Crippen LogP contribution in [0, 0.1) is 5.92 Å². The molecule has 0 aromatic carbocycles. The van der Waals surface area contributed by atoms with Crippen molar-refractivity contribution in [2.24, 2.45) is 5.92 Å². The van der Waals surface area contributed by atoms with Crippen LogP contribution in [0.15, 0.2) is 5.38 Å². The highest BCUT2D eigenvalue weighted by Crippen LogP contribution is 2.32. The topological polar surface area (TPSA) is 70.5 Å². The molecule has 1 saturated carbocycles. The van der Waals surface area contributed by atoms with Gasteiger partial charge in [0, 0.05) is 24.7 Å². The van der Waals surface area contributed by atoms with E-state index in [-0.39, 0.29) is 11.9 Å². The fourth-order valence-electron chi connectivity index (χ4n) is 2.00. The maximum absolute atomic E-state index is 11.2. The monoisotopic (exact) mass is 304 g/mol. The Hall–Kier alpha value is -0.500. The molecule has 108 valence electrons. The molecular weight excluding hydrogens is 284 g/mol. The summed E-state index contributed by atoms with van der Waals surface area (Å²) >= 11 is 1.38. The Labute approximate surface area is 118 Å². The highest BCUT2D eigenvalue weighted by molar-refractivity contribution is 7.90. The summed E-state index contributed by atoms with van der Waals surface area (Å²) in [7, 11) is -1.07. The summed E-state index contributed by atoms with van der Waals surface area (Å²) in [4.78, 5) is 6.35. The molecule has 1 aliphatic rings. The minimum absolute atomic E-state index is 0.00603. The van der Waals surface area contributed by atoms with E-state index in [4.69, 9.17) is 0 Å². The number of aromatic nitrogens is 1. The van der Waals surface area contributed by atoms with Gasteiger partial charge in [-0.1, -0.05) is 0 Å². The molecule has 5 nitrogen and oxygen atoms in total. The van der Waals surface area contributed by atoms with Crippen molar-refractivity contribution in [3.8, 4) is 0 Å². The van der Waals surface area contributed by atoms with Crippen molar-refractivity contribution >= 4 is 21.2 Å². The van der Waals surface area contributed by atoms with Crippen molar-refractivity contribution in [3.05, 3.63) is 16.1 Å². The summed E-state index contributed by atoms with van der Waals surface area (Å²) in [5.41, 5.74) is 0.870. The molecule has 0 saturated heterocycles. The van der Waals surface area contributed by atoms with Crippen LogP contribution in [-0.2, 0) is 22.1 Å². The maximum Gasteiger partial charge on any atom is 0.153 e. The summed E-state index contributed by atoms with van der Waals surface area (Å²) in [5.74, 6) is 0.477. The Morgan fingerprint density at radius 1 is 1.58 bits per heavy atom. The largest absolute Gasteiger partial charge is 0.392 e. The summed E-state index contributed by atoms with van der Waals surface area (Å²) in [6.07, 6.45) is 3.22. The zero-order valence-corrected chi connectivity index (χ0v) is 12.9. The van der Waals surface area contributed by atoms with Crippen molar-refractivity contribution in [3.63, 3.8) is 0 Å². The Bertz CT molecular complexity index is 523. The lowest BCUT2D eigenvalue weighted by molar-refractivity contribution is 0.104. The molecule has 19 heavy (non-hydrogen) atoms. The smallest absolute Gasteiger partial charge is 0.153 e. The molecule has 0 aliphatic heterocycles. The first-order valence-electron chi connectivity index (χ1n) is 6.31. The molecule has 0 amide bonds. The quantitative estimate of drug-likeness (QED) is 0.810. The number of rotatable bonds is 7. The predicted octanol–water partition coefficient (Wildman–Crippen LogP) is 0.890. The first kappa shape index (κ1) is 14.9. The van der Waals surface area contributed by atoms with Crippen LogP contribution < -0.4 is 0 Å². The predicted molar refractivity (Wildman–Crippen MR) is 75.7 cm³/mol. The Morgan fingerprint density at radius 3 is 2.84 bits per heavy atom. The van der Waals surface area contributed by atoms with E-state index >= 15 is 0 Å². The molecule has 1 unspecified atom stereocenters. The number of hydrogen-bond donors (Lipinski definition) is 1.